The molecule has 0 bridgehead atoms. The van der Waals surface area contributed by atoms with Gasteiger partial charge in [0.15, 0.2) is 5.96 Å². The van der Waals surface area contributed by atoms with Crippen molar-refractivity contribution in [3.8, 4) is 5.75 Å². The van der Waals surface area contributed by atoms with Crippen molar-refractivity contribution in [3.05, 3.63) is 29.8 Å². The van der Waals surface area contributed by atoms with Crippen molar-refractivity contribution in [1.29, 1.82) is 0 Å². The summed E-state index contributed by atoms with van der Waals surface area (Å²) < 4.78 is 11.8. The predicted molar refractivity (Wildman–Crippen MR) is 119 cm³/mol. The number of hydrogen-bond donors (Lipinski definition) is 2. The van der Waals surface area contributed by atoms with Gasteiger partial charge in [-0.1, -0.05) is 24.6 Å². The Morgan fingerprint density at radius 1 is 1.27 bits per heavy atom. The molecule has 6 nitrogen and oxygen atoms in total. The standard InChI is InChI=1S/C24H36N4O2/c1-25-23(27-21-18-10-15-30-22(18)24(21)11-7-12-24)26-16-19(28-13-5-6-14-28)17-8-3-4-9-20(17)29-2/h3-4,8-9,18-19,21-22H,5-7,10-16H2,1-2H3,(H2,25,26,27). The summed E-state index contributed by atoms with van der Waals surface area (Å²) in [5.41, 5.74) is 1.61. The molecule has 2 heterocycles. The van der Waals surface area contributed by atoms with Crippen LogP contribution >= 0.6 is 0 Å². The SMILES string of the molecule is CN=C(NCC(c1ccccc1OC)N1CCCC1)NC1C2CCOC2C12CCC2. The molecule has 4 atom stereocenters. The first kappa shape index (κ1) is 20.1. The molecule has 164 valence electrons. The Bertz CT molecular complexity index is 772. The maximum atomic E-state index is 6.08. The second kappa shape index (κ2) is 8.39. The van der Waals surface area contributed by atoms with E-state index in [9.17, 15) is 0 Å². The third-order valence-corrected chi connectivity index (χ3v) is 8.09. The number of guanidine groups is 1. The topological polar surface area (TPSA) is 58.1 Å². The van der Waals surface area contributed by atoms with Gasteiger partial charge in [0, 0.05) is 43.1 Å². The van der Waals surface area contributed by atoms with Crippen LogP contribution in [-0.2, 0) is 4.74 Å². The zero-order valence-corrected chi connectivity index (χ0v) is 18.4. The number of hydrogen-bond acceptors (Lipinski definition) is 4. The van der Waals surface area contributed by atoms with Crippen molar-refractivity contribution in [1.82, 2.24) is 15.5 Å². The molecule has 30 heavy (non-hydrogen) atoms. The number of aliphatic imine (C=N–C) groups is 1. The minimum absolute atomic E-state index is 0.281. The lowest BCUT2D eigenvalue weighted by molar-refractivity contribution is -0.171. The highest BCUT2D eigenvalue weighted by Crippen LogP contribution is 2.62. The average molecular weight is 413 g/mol. The Morgan fingerprint density at radius 3 is 2.77 bits per heavy atom. The van der Waals surface area contributed by atoms with Crippen molar-refractivity contribution in [3.63, 3.8) is 0 Å². The van der Waals surface area contributed by atoms with Crippen LogP contribution < -0.4 is 15.4 Å². The molecule has 4 unspecified atom stereocenters. The number of fused-ring (bicyclic) bond motifs is 2. The molecular formula is C24H36N4O2. The van der Waals surface area contributed by atoms with E-state index >= 15 is 0 Å². The third kappa shape index (κ3) is 3.28. The van der Waals surface area contributed by atoms with E-state index in [2.05, 4.69) is 38.7 Å². The summed E-state index contributed by atoms with van der Waals surface area (Å²) in [5.74, 6) is 2.54. The first-order valence-electron chi connectivity index (χ1n) is 11.7. The molecule has 0 amide bonds. The fourth-order valence-corrected chi connectivity index (χ4v) is 6.42. The van der Waals surface area contributed by atoms with Crippen LogP contribution in [-0.4, -0.2) is 63.4 Å². The van der Waals surface area contributed by atoms with E-state index in [1.165, 1.54) is 44.1 Å². The van der Waals surface area contributed by atoms with Gasteiger partial charge < -0.3 is 20.1 Å². The highest BCUT2D eigenvalue weighted by Gasteiger charge is 2.66. The number of nitrogens with one attached hydrogen (secondary N) is 2. The Kier molecular flexibility index (Phi) is 5.63. The first-order chi connectivity index (χ1) is 14.8. The Hall–Kier alpha value is -1.79. The maximum absolute atomic E-state index is 6.08. The van der Waals surface area contributed by atoms with E-state index < -0.39 is 0 Å². The van der Waals surface area contributed by atoms with Crippen LogP contribution in [0.15, 0.2) is 29.3 Å². The highest BCUT2D eigenvalue weighted by molar-refractivity contribution is 5.80. The van der Waals surface area contributed by atoms with Crippen LogP contribution in [0.3, 0.4) is 0 Å². The average Bonchev–Trinajstić information content (AvgIpc) is 3.41. The normalized spacial score (nSPS) is 31.0. The minimum atomic E-state index is 0.281. The van der Waals surface area contributed by atoms with E-state index in [4.69, 9.17) is 9.47 Å². The van der Waals surface area contributed by atoms with E-state index in [0.29, 0.717) is 23.5 Å². The summed E-state index contributed by atoms with van der Waals surface area (Å²) >= 11 is 0. The molecule has 0 aromatic heterocycles. The summed E-state index contributed by atoms with van der Waals surface area (Å²) in [6.07, 6.45) is 8.12. The number of nitrogens with zero attached hydrogens (tertiary/aromatic N) is 2. The lowest BCUT2D eigenvalue weighted by Crippen LogP contribution is -2.72. The Balaban J connectivity index is 1.28. The predicted octanol–water partition coefficient (Wildman–Crippen LogP) is 2.95. The van der Waals surface area contributed by atoms with Crippen LogP contribution in [0.5, 0.6) is 5.75 Å². The van der Waals surface area contributed by atoms with Gasteiger partial charge in [-0.3, -0.25) is 9.89 Å². The molecule has 2 saturated carbocycles. The summed E-state index contributed by atoms with van der Waals surface area (Å²) in [7, 11) is 3.65. The van der Waals surface area contributed by atoms with Crippen LogP contribution in [0.2, 0.25) is 0 Å². The summed E-state index contributed by atoms with van der Waals surface area (Å²) in [4.78, 5) is 7.17. The number of methoxy groups -OCH3 is 1. The van der Waals surface area contributed by atoms with Crippen LogP contribution in [0, 0.1) is 11.3 Å². The van der Waals surface area contributed by atoms with Crippen molar-refractivity contribution < 1.29 is 9.47 Å². The molecular weight excluding hydrogens is 376 g/mol. The van der Waals surface area contributed by atoms with E-state index in [1.807, 2.05) is 13.1 Å². The van der Waals surface area contributed by atoms with Gasteiger partial charge in [-0.15, -0.1) is 0 Å². The van der Waals surface area contributed by atoms with Gasteiger partial charge in [0.25, 0.3) is 0 Å². The van der Waals surface area contributed by atoms with E-state index in [1.54, 1.807) is 7.11 Å². The van der Waals surface area contributed by atoms with Gasteiger partial charge in [0.05, 0.1) is 19.3 Å². The van der Waals surface area contributed by atoms with Gasteiger partial charge in [-0.2, -0.15) is 0 Å². The van der Waals surface area contributed by atoms with Gasteiger partial charge in [0.1, 0.15) is 5.75 Å². The fourth-order valence-electron chi connectivity index (χ4n) is 6.42. The molecule has 1 spiro atoms. The molecule has 2 aliphatic heterocycles. The Morgan fingerprint density at radius 2 is 2.07 bits per heavy atom. The lowest BCUT2D eigenvalue weighted by Gasteiger charge is -2.63. The molecule has 4 aliphatic rings. The van der Waals surface area contributed by atoms with Crippen LogP contribution in [0.4, 0.5) is 0 Å². The summed E-state index contributed by atoms with van der Waals surface area (Å²) in [6, 6.07) is 9.22. The molecule has 0 radical (unpaired) electrons. The van der Waals surface area contributed by atoms with Gasteiger partial charge in [-0.25, -0.2) is 0 Å². The summed E-state index contributed by atoms with van der Waals surface area (Å²) in [6.45, 7) is 4.03. The smallest absolute Gasteiger partial charge is 0.191 e. The third-order valence-electron chi connectivity index (χ3n) is 8.09. The molecule has 5 rings (SSSR count). The van der Waals surface area contributed by atoms with Crippen molar-refractivity contribution >= 4 is 5.96 Å². The zero-order valence-electron chi connectivity index (χ0n) is 18.4. The quantitative estimate of drug-likeness (QED) is 0.556. The highest BCUT2D eigenvalue weighted by atomic mass is 16.5. The summed E-state index contributed by atoms with van der Waals surface area (Å²) in [5, 5.41) is 7.46. The molecule has 4 fully saturated rings. The molecule has 1 aromatic rings. The number of benzene rings is 1. The number of likely N-dealkylation sites (tertiary alicyclic amines) is 1. The molecule has 2 saturated heterocycles. The molecule has 2 aliphatic carbocycles. The minimum Gasteiger partial charge on any atom is -0.496 e. The van der Waals surface area contributed by atoms with E-state index in [-0.39, 0.29) is 6.04 Å². The Labute approximate surface area is 180 Å². The maximum Gasteiger partial charge on any atom is 0.191 e. The fraction of sp³-hybridized carbons (Fsp3) is 0.708. The van der Waals surface area contributed by atoms with Gasteiger partial charge >= 0.3 is 0 Å². The lowest BCUT2D eigenvalue weighted by atomic mass is 9.46. The second-order valence-electron chi connectivity index (χ2n) is 9.41. The molecule has 6 heteroatoms. The number of rotatable bonds is 6. The van der Waals surface area contributed by atoms with E-state index in [0.717, 1.165) is 38.0 Å². The monoisotopic (exact) mass is 412 g/mol. The van der Waals surface area contributed by atoms with Crippen LogP contribution in [0.25, 0.3) is 0 Å². The zero-order chi connectivity index (χ0) is 20.6. The van der Waals surface area contributed by atoms with Gasteiger partial charge in [0.2, 0.25) is 0 Å². The van der Waals surface area contributed by atoms with Crippen molar-refractivity contribution in [2.24, 2.45) is 16.3 Å². The van der Waals surface area contributed by atoms with Crippen molar-refractivity contribution in [2.75, 3.05) is 40.4 Å². The van der Waals surface area contributed by atoms with Crippen LogP contribution in [0.1, 0.15) is 50.1 Å². The number of para-hydroxylation sites is 1. The largest absolute Gasteiger partial charge is 0.496 e. The number of ether oxygens (including phenoxy) is 2. The second-order valence-corrected chi connectivity index (χ2v) is 9.41. The van der Waals surface area contributed by atoms with Gasteiger partial charge in [-0.05, 0) is 51.3 Å². The first-order valence-corrected chi connectivity index (χ1v) is 11.7. The van der Waals surface area contributed by atoms with Crippen molar-refractivity contribution in [2.45, 2.75) is 56.7 Å². The molecule has 1 aromatic carbocycles. The molecule has 2 N–H and O–H groups in total.